The van der Waals surface area contributed by atoms with Crippen LogP contribution in [0.1, 0.15) is 25.7 Å². The highest BCUT2D eigenvalue weighted by Gasteiger charge is 2.35. The van der Waals surface area contributed by atoms with Crippen molar-refractivity contribution in [2.24, 2.45) is 5.92 Å². The zero-order chi connectivity index (χ0) is 14.4. The number of carbonyl (C=O) groups is 1. The van der Waals surface area contributed by atoms with Crippen LogP contribution < -0.4 is 4.90 Å². The Kier molecular flexibility index (Phi) is 5.41. The predicted octanol–water partition coefficient (Wildman–Crippen LogP) is 2.78. The van der Waals surface area contributed by atoms with Gasteiger partial charge in [0, 0.05) is 25.8 Å². The number of carboxylic acid groups (broad SMARTS) is 1. The second-order valence-corrected chi connectivity index (χ2v) is 5.39. The molecular weight excluding hydrogens is 254 g/mol. The molecule has 1 N–H and O–H groups in total. The zero-order valence-electron chi connectivity index (χ0n) is 12.0. The summed E-state index contributed by atoms with van der Waals surface area (Å²) in [6.45, 7) is 1.47. The summed E-state index contributed by atoms with van der Waals surface area (Å²) >= 11 is 0. The van der Waals surface area contributed by atoms with Gasteiger partial charge in [-0.2, -0.15) is 0 Å². The Morgan fingerprint density at radius 2 is 2.10 bits per heavy atom. The van der Waals surface area contributed by atoms with Crippen molar-refractivity contribution in [3.8, 4) is 0 Å². The molecule has 110 valence electrons. The van der Waals surface area contributed by atoms with E-state index in [9.17, 15) is 4.79 Å². The minimum atomic E-state index is -0.729. The third kappa shape index (κ3) is 4.23. The lowest BCUT2D eigenvalue weighted by molar-refractivity contribution is -0.137. The maximum absolute atomic E-state index is 10.7. The maximum atomic E-state index is 10.7. The molecule has 0 saturated heterocycles. The van der Waals surface area contributed by atoms with E-state index in [1.54, 1.807) is 7.11 Å². The topological polar surface area (TPSA) is 49.8 Å². The Bertz CT molecular complexity index is 417. The van der Waals surface area contributed by atoms with Gasteiger partial charge < -0.3 is 14.7 Å². The lowest BCUT2D eigenvalue weighted by Crippen LogP contribution is -2.41. The SMILES string of the molecule is COCC(C1CC1)N(CCCC(=O)O)c1ccccc1. The Morgan fingerprint density at radius 3 is 2.65 bits per heavy atom. The number of para-hydroxylation sites is 1. The van der Waals surface area contributed by atoms with Crippen molar-refractivity contribution in [3.05, 3.63) is 30.3 Å². The first-order valence-electron chi connectivity index (χ1n) is 7.25. The number of methoxy groups -OCH3 is 1. The van der Waals surface area contributed by atoms with Gasteiger partial charge in [0.25, 0.3) is 0 Å². The molecule has 0 aromatic heterocycles. The van der Waals surface area contributed by atoms with E-state index in [0.717, 1.165) is 12.2 Å². The average molecular weight is 277 g/mol. The number of hydrogen-bond donors (Lipinski definition) is 1. The fourth-order valence-corrected chi connectivity index (χ4v) is 2.64. The van der Waals surface area contributed by atoms with Gasteiger partial charge in [-0.05, 0) is 37.3 Å². The number of hydrogen-bond acceptors (Lipinski definition) is 3. The van der Waals surface area contributed by atoms with Gasteiger partial charge in [-0.25, -0.2) is 0 Å². The van der Waals surface area contributed by atoms with Gasteiger partial charge in [0.2, 0.25) is 0 Å². The number of aliphatic carboxylic acids is 1. The third-order valence-electron chi connectivity index (χ3n) is 3.78. The minimum absolute atomic E-state index is 0.216. The average Bonchev–Trinajstić information content (AvgIpc) is 3.27. The van der Waals surface area contributed by atoms with Gasteiger partial charge >= 0.3 is 5.97 Å². The van der Waals surface area contributed by atoms with Crippen LogP contribution in [0.15, 0.2) is 30.3 Å². The molecule has 1 unspecified atom stereocenters. The second kappa shape index (κ2) is 7.29. The first-order valence-corrected chi connectivity index (χ1v) is 7.25. The van der Waals surface area contributed by atoms with Gasteiger partial charge in [0.05, 0.1) is 12.6 Å². The van der Waals surface area contributed by atoms with Crippen LogP contribution in [0.5, 0.6) is 0 Å². The lowest BCUT2D eigenvalue weighted by atomic mass is 10.1. The van der Waals surface area contributed by atoms with Gasteiger partial charge in [-0.3, -0.25) is 4.79 Å². The second-order valence-electron chi connectivity index (χ2n) is 5.39. The van der Waals surface area contributed by atoms with Crippen LogP contribution in [0, 0.1) is 5.92 Å². The van der Waals surface area contributed by atoms with E-state index in [0.29, 0.717) is 25.0 Å². The van der Waals surface area contributed by atoms with E-state index in [1.807, 2.05) is 18.2 Å². The van der Waals surface area contributed by atoms with E-state index >= 15 is 0 Å². The standard InChI is InChI=1S/C16H23NO3/c1-20-12-15(13-9-10-13)17(11-5-8-16(18)19)14-6-3-2-4-7-14/h2-4,6-7,13,15H,5,8-12H2,1H3,(H,18,19). The summed E-state index contributed by atoms with van der Waals surface area (Å²) in [4.78, 5) is 13.0. The third-order valence-corrected chi connectivity index (χ3v) is 3.78. The van der Waals surface area contributed by atoms with Crippen LogP contribution in [0.2, 0.25) is 0 Å². The Labute approximate surface area is 120 Å². The molecule has 1 atom stereocenters. The Morgan fingerprint density at radius 1 is 1.40 bits per heavy atom. The van der Waals surface area contributed by atoms with E-state index < -0.39 is 5.97 Å². The summed E-state index contributed by atoms with van der Waals surface area (Å²) in [5.41, 5.74) is 1.16. The van der Waals surface area contributed by atoms with Crippen molar-refractivity contribution >= 4 is 11.7 Å². The van der Waals surface area contributed by atoms with Crippen molar-refractivity contribution in [3.63, 3.8) is 0 Å². The number of benzene rings is 1. The van der Waals surface area contributed by atoms with Crippen molar-refractivity contribution in [2.75, 3.05) is 25.2 Å². The molecule has 4 heteroatoms. The molecule has 0 bridgehead atoms. The monoisotopic (exact) mass is 277 g/mol. The molecule has 1 aliphatic carbocycles. The van der Waals surface area contributed by atoms with Crippen LogP contribution in [0.25, 0.3) is 0 Å². The molecule has 1 aromatic carbocycles. The lowest BCUT2D eigenvalue weighted by Gasteiger charge is -2.33. The molecule has 1 fully saturated rings. The fourth-order valence-electron chi connectivity index (χ4n) is 2.64. The van der Waals surface area contributed by atoms with Crippen LogP contribution >= 0.6 is 0 Å². The molecule has 0 amide bonds. The van der Waals surface area contributed by atoms with E-state index in [1.165, 1.54) is 12.8 Å². The van der Waals surface area contributed by atoms with Crippen LogP contribution in [0.4, 0.5) is 5.69 Å². The fraction of sp³-hybridized carbons (Fsp3) is 0.562. The first-order chi connectivity index (χ1) is 9.72. The van der Waals surface area contributed by atoms with Gasteiger partial charge in [-0.1, -0.05) is 18.2 Å². The Balaban J connectivity index is 2.07. The first kappa shape index (κ1) is 14.9. The van der Waals surface area contributed by atoms with E-state index in [4.69, 9.17) is 9.84 Å². The molecular formula is C16H23NO3. The van der Waals surface area contributed by atoms with Gasteiger partial charge in [-0.15, -0.1) is 0 Å². The number of carboxylic acids is 1. The number of rotatable bonds is 9. The van der Waals surface area contributed by atoms with Crippen molar-refractivity contribution < 1.29 is 14.6 Å². The summed E-state index contributed by atoms with van der Waals surface area (Å²) in [6, 6.07) is 10.6. The normalized spacial score (nSPS) is 15.8. The number of ether oxygens (including phenoxy) is 1. The summed E-state index contributed by atoms with van der Waals surface area (Å²) in [5, 5.41) is 8.82. The highest BCUT2D eigenvalue weighted by atomic mass is 16.5. The highest BCUT2D eigenvalue weighted by Crippen LogP contribution is 2.37. The van der Waals surface area contributed by atoms with Gasteiger partial charge in [0.15, 0.2) is 0 Å². The quantitative estimate of drug-likeness (QED) is 0.754. The van der Waals surface area contributed by atoms with Crippen LogP contribution in [-0.4, -0.2) is 37.4 Å². The summed E-state index contributed by atoms with van der Waals surface area (Å²) in [6.07, 6.45) is 3.37. The Hall–Kier alpha value is -1.55. The molecule has 4 nitrogen and oxygen atoms in total. The summed E-state index contributed by atoms with van der Waals surface area (Å²) in [7, 11) is 1.73. The van der Waals surface area contributed by atoms with E-state index in [-0.39, 0.29) is 6.42 Å². The van der Waals surface area contributed by atoms with Crippen molar-refractivity contribution in [2.45, 2.75) is 31.7 Å². The molecule has 20 heavy (non-hydrogen) atoms. The molecule has 1 aromatic rings. The highest BCUT2D eigenvalue weighted by molar-refractivity contribution is 5.66. The zero-order valence-corrected chi connectivity index (χ0v) is 12.0. The molecule has 0 aliphatic heterocycles. The molecule has 2 rings (SSSR count). The molecule has 1 saturated carbocycles. The number of anilines is 1. The number of nitrogens with zero attached hydrogens (tertiary/aromatic N) is 1. The minimum Gasteiger partial charge on any atom is -0.481 e. The maximum Gasteiger partial charge on any atom is 0.303 e. The molecule has 0 radical (unpaired) electrons. The van der Waals surface area contributed by atoms with E-state index in [2.05, 4.69) is 17.0 Å². The molecule has 0 heterocycles. The van der Waals surface area contributed by atoms with Crippen molar-refractivity contribution in [1.29, 1.82) is 0 Å². The smallest absolute Gasteiger partial charge is 0.303 e. The predicted molar refractivity (Wildman–Crippen MR) is 79.0 cm³/mol. The summed E-state index contributed by atoms with van der Waals surface area (Å²) in [5.74, 6) is -0.0484. The largest absolute Gasteiger partial charge is 0.481 e. The molecule has 0 spiro atoms. The van der Waals surface area contributed by atoms with Crippen LogP contribution in [-0.2, 0) is 9.53 Å². The van der Waals surface area contributed by atoms with Gasteiger partial charge in [0.1, 0.15) is 0 Å². The molecule has 1 aliphatic rings. The van der Waals surface area contributed by atoms with Crippen LogP contribution in [0.3, 0.4) is 0 Å². The van der Waals surface area contributed by atoms with Crippen molar-refractivity contribution in [1.82, 2.24) is 0 Å². The summed E-state index contributed by atoms with van der Waals surface area (Å²) < 4.78 is 5.38.